The van der Waals surface area contributed by atoms with Crippen molar-refractivity contribution in [3.05, 3.63) is 0 Å². The van der Waals surface area contributed by atoms with Crippen molar-refractivity contribution in [2.75, 3.05) is 13.1 Å². The van der Waals surface area contributed by atoms with Crippen molar-refractivity contribution in [2.45, 2.75) is 47.2 Å². The van der Waals surface area contributed by atoms with Gasteiger partial charge in [0, 0.05) is 13.1 Å². The maximum atomic E-state index is 4.46. The standard InChI is InChI=1S/C12H25N3/c1-6-15-12(7-10(2)3)14(9-13-15)8-11(4)5/h9-12H,6-8H2,1-5H3. The minimum atomic E-state index is 0.484. The van der Waals surface area contributed by atoms with Crippen molar-refractivity contribution in [3.63, 3.8) is 0 Å². The Balaban J connectivity index is 2.58. The second-order valence-electron chi connectivity index (χ2n) is 5.19. The first kappa shape index (κ1) is 12.3. The summed E-state index contributed by atoms with van der Waals surface area (Å²) in [5.74, 6) is 1.42. The van der Waals surface area contributed by atoms with Crippen molar-refractivity contribution in [2.24, 2.45) is 16.9 Å². The van der Waals surface area contributed by atoms with Gasteiger partial charge in [0.25, 0.3) is 0 Å². The van der Waals surface area contributed by atoms with Gasteiger partial charge in [0.05, 0.1) is 0 Å². The molecule has 1 aliphatic rings. The molecule has 1 rings (SSSR count). The van der Waals surface area contributed by atoms with Crippen LogP contribution in [-0.4, -0.2) is 35.5 Å². The lowest BCUT2D eigenvalue weighted by atomic mass is 10.1. The zero-order valence-electron chi connectivity index (χ0n) is 10.8. The lowest BCUT2D eigenvalue weighted by Crippen LogP contribution is -2.42. The minimum Gasteiger partial charge on any atom is -0.339 e. The van der Waals surface area contributed by atoms with E-state index < -0.39 is 0 Å². The smallest absolute Gasteiger partial charge is 0.119 e. The van der Waals surface area contributed by atoms with Crippen LogP contribution in [0.5, 0.6) is 0 Å². The molecule has 1 unspecified atom stereocenters. The van der Waals surface area contributed by atoms with E-state index >= 15 is 0 Å². The Kier molecular flexibility index (Phi) is 4.43. The first-order chi connectivity index (χ1) is 7.04. The van der Waals surface area contributed by atoms with Gasteiger partial charge in [-0.25, -0.2) is 0 Å². The molecule has 1 atom stereocenters. The Hall–Kier alpha value is -0.730. The highest BCUT2D eigenvalue weighted by Gasteiger charge is 2.27. The van der Waals surface area contributed by atoms with Crippen LogP contribution in [-0.2, 0) is 0 Å². The van der Waals surface area contributed by atoms with Crippen LogP contribution < -0.4 is 0 Å². The Bertz CT molecular complexity index is 211. The first-order valence-electron chi connectivity index (χ1n) is 6.11. The largest absolute Gasteiger partial charge is 0.339 e. The summed E-state index contributed by atoms with van der Waals surface area (Å²) < 4.78 is 0. The summed E-state index contributed by atoms with van der Waals surface area (Å²) in [6.07, 6.45) is 3.69. The summed E-state index contributed by atoms with van der Waals surface area (Å²) in [4.78, 5) is 2.38. The Labute approximate surface area is 94.1 Å². The minimum absolute atomic E-state index is 0.484. The van der Waals surface area contributed by atoms with Crippen LogP contribution in [0.1, 0.15) is 41.0 Å². The lowest BCUT2D eigenvalue weighted by molar-refractivity contribution is 0.108. The monoisotopic (exact) mass is 211 g/mol. The van der Waals surface area contributed by atoms with Gasteiger partial charge in [-0.1, -0.05) is 27.7 Å². The van der Waals surface area contributed by atoms with Gasteiger partial charge in [0.1, 0.15) is 12.5 Å². The summed E-state index contributed by atoms with van der Waals surface area (Å²) in [5, 5.41) is 6.65. The number of rotatable bonds is 5. The predicted octanol–water partition coefficient (Wildman–Crippen LogP) is 2.60. The highest BCUT2D eigenvalue weighted by molar-refractivity contribution is 5.57. The van der Waals surface area contributed by atoms with Gasteiger partial charge in [-0.2, -0.15) is 5.10 Å². The van der Waals surface area contributed by atoms with E-state index in [9.17, 15) is 0 Å². The second-order valence-corrected chi connectivity index (χ2v) is 5.19. The second kappa shape index (κ2) is 5.38. The van der Waals surface area contributed by atoms with Gasteiger partial charge in [0.2, 0.25) is 0 Å². The normalized spacial score (nSPS) is 21.1. The molecule has 3 nitrogen and oxygen atoms in total. The maximum absolute atomic E-state index is 4.46. The van der Waals surface area contributed by atoms with E-state index in [-0.39, 0.29) is 0 Å². The Morgan fingerprint density at radius 2 is 1.87 bits per heavy atom. The van der Waals surface area contributed by atoms with E-state index in [0.717, 1.165) is 19.0 Å². The van der Waals surface area contributed by atoms with Crippen molar-refractivity contribution in [3.8, 4) is 0 Å². The molecule has 0 bridgehead atoms. The molecule has 0 aromatic carbocycles. The third kappa shape index (κ3) is 3.40. The highest BCUT2D eigenvalue weighted by atomic mass is 15.6. The SMILES string of the molecule is CCN1N=CN(CC(C)C)C1CC(C)C. The highest BCUT2D eigenvalue weighted by Crippen LogP contribution is 2.20. The van der Waals surface area contributed by atoms with Crippen LogP contribution in [0, 0.1) is 11.8 Å². The van der Waals surface area contributed by atoms with Crippen LogP contribution in [0.2, 0.25) is 0 Å². The van der Waals surface area contributed by atoms with Crippen molar-refractivity contribution in [1.29, 1.82) is 0 Å². The molecule has 1 aliphatic heterocycles. The van der Waals surface area contributed by atoms with E-state index in [4.69, 9.17) is 0 Å². The summed E-state index contributed by atoms with van der Waals surface area (Å²) in [7, 11) is 0. The number of hydrogen-bond donors (Lipinski definition) is 0. The average Bonchev–Trinajstić information content (AvgIpc) is 2.47. The Morgan fingerprint density at radius 3 is 2.33 bits per heavy atom. The van der Waals surface area contributed by atoms with E-state index in [1.54, 1.807) is 0 Å². The molecule has 0 fully saturated rings. The zero-order chi connectivity index (χ0) is 11.4. The van der Waals surface area contributed by atoms with Gasteiger partial charge in [-0.15, -0.1) is 0 Å². The Morgan fingerprint density at radius 1 is 1.20 bits per heavy atom. The quantitative estimate of drug-likeness (QED) is 0.696. The van der Waals surface area contributed by atoms with Crippen molar-refractivity contribution < 1.29 is 0 Å². The van der Waals surface area contributed by atoms with Gasteiger partial charge < -0.3 is 4.90 Å². The van der Waals surface area contributed by atoms with Crippen LogP contribution >= 0.6 is 0 Å². The average molecular weight is 211 g/mol. The van der Waals surface area contributed by atoms with Crippen molar-refractivity contribution in [1.82, 2.24) is 9.91 Å². The van der Waals surface area contributed by atoms with E-state index in [1.165, 1.54) is 6.42 Å². The fourth-order valence-corrected chi connectivity index (χ4v) is 2.02. The molecule has 1 heterocycles. The molecule has 0 saturated carbocycles. The molecular formula is C12H25N3. The van der Waals surface area contributed by atoms with Gasteiger partial charge in [-0.05, 0) is 25.2 Å². The third-order valence-electron chi connectivity index (χ3n) is 2.66. The molecule has 0 N–H and O–H groups in total. The first-order valence-corrected chi connectivity index (χ1v) is 6.11. The summed E-state index contributed by atoms with van der Waals surface area (Å²) in [6, 6.07) is 0. The van der Waals surface area contributed by atoms with Crippen LogP contribution in [0.15, 0.2) is 5.10 Å². The van der Waals surface area contributed by atoms with Gasteiger partial charge in [0.15, 0.2) is 0 Å². The molecule has 15 heavy (non-hydrogen) atoms. The summed E-state index contributed by atoms with van der Waals surface area (Å²) in [6.45, 7) is 13.4. The van der Waals surface area contributed by atoms with Crippen LogP contribution in [0.25, 0.3) is 0 Å². The molecule has 0 aromatic heterocycles. The number of hydrogen-bond acceptors (Lipinski definition) is 3. The van der Waals surface area contributed by atoms with Gasteiger partial charge in [-0.3, -0.25) is 5.01 Å². The number of hydrazone groups is 1. The molecule has 0 amide bonds. The van der Waals surface area contributed by atoms with E-state index in [0.29, 0.717) is 12.1 Å². The molecule has 0 aliphatic carbocycles. The molecule has 0 aromatic rings. The van der Waals surface area contributed by atoms with E-state index in [1.807, 2.05) is 6.34 Å². The molecular weight excluding hydrogens is 186 g/mol. The predicted molar refractivity (Wildman–Crippen MR) is 65.7 cm³/mol. The van der Waals surface area contributed by atoms with Crippen LogP contribution in [0.4, 0.5) is 0 Å². The molecule has 0 saturated heterocycles. The lowest BCUT2D eigenvalue weighted by Gasteiger charge is -2.32. The molecule has 0 spiro atoms. The maximum Gasteiger partial charge on any atom is 0.119 e. The molecule has 0 radical (unpaired) electrons. The zero-order valence-corrected chi connectivity index (χ0v) is 10.8. The third-order valence-corrected chi connectivity index (χ3v) is 2.66. The summed E-state index contributed by atoms with van der Waals surface area (Å²) in [5.41, 5.74) is 0. The van der Waals surface area contributed by atoms with Gasteiger partial charge >= 0.3 is 0 Å². The number of nitrogens with zero attached hydrogens (tertiary/aromatic N) is 3. The molecule has 3 heteroatoms. The fourth-order valence-electron chi connectivity index (χ4n) is 2.02. The fraction of sp³-hybridized carbons (Fsp3) is 0.917. The summed E-state index contributed by atoms with van der Waals surface area (Å²) >= 11 is 0. The topological polar surface area (TPSA) is 18.8 Å². The van der Waals surface area contributed by atoms with Crippen LogP contribution in [0.3, 0.4) is 0 Å². The molecule has 88 valence electrons. The van der Waals surface area contributed by atoms with Crippen molar-refractivity contribution >= 4 is 6.34 Å². The van der Waals surface area contributed by atoms with E-state index in [2.05, 4.69) is 49.6 Å².